The fourth-order valence-corrected chi connectivity index (χ4v) is 5.16. The minimum atomic E-state index is -3.14. The van der Waals surface area contributed by atoms with Crippen LogP contribution in [-0.2, 0) is 17.1 Å². The zero-order valence-electron chi connectivity index (χ0n) is 16.6. The summed E-state index contributed by atoms with van der Waals surface area (Å²) in [5.74, 6) is 1.84. The Balaban J connectivity index is 1.50. The minimum absolute atomic E-state index is 0.291. The fourth-order valence-electron chi connectivity index (χ4n) is 4.66. The molecule has 28 heavy (non-hydrogen) atoms. The first-order chi connectivity index (χ1) is 13.3. The summed E-state index contributed by atoms with van der Waals surface area (Å²) in [5.41, 5.74) is 3.32. The van der Waals surface area contributed by atoms with E-state index in [0.29, 0.717) is 24.4 Å². The molecule has 152 valence electrons. The molecule has 1 N–H and O–H groups in total. The number of aryl methyl sites for hydroxylation is 1. The van der Waals surface area contributed by atoms with E-state index in [0.717, 1.165) is 42.9 Å². The van der Waals surface area contributed by atoms with Crippen LogP contribution in [0.1, 0.15) is 24.5 Å². The van der Waals surface area contributed by atoms with E-state index in [9.17, 15) is 8.42 Å². The van der Waals surface area contributed by atoms with Crippen LogP contribution in [-0.4, -0.2) is 62.1 Å². The van der Waals surface area contributed by atoms with Crippen LogP contribution in [0.3, 0.4) is 0 Å². The van der Waals surface area contributed by atoms with Gasteiger partial charge >= 0.3 is 0 Å². The zero-order chi connectivity index (χ0) is 19.9. The third kappa shape index (κ3) is 3.94. The molecule has 0 radical (unpaired) electrons. The number of benzene rings is 1. The summed E-state index contributed by atoms with van der Waals surface area (Å²) in [6.07, 6.45) is 3.40. The van der Waals surface area contributed by atoms with E-state index in [1.54, 1.807) is 7.11 Å². The summed E-state index contributed by atoms with van der Waals surface area (Å²) < 4.78 is 32.8. The quantitative estimate of drug-likeness (QED) is 0.795. The van der Waals surface area contributed by atoms with Gasteiger partial charge in [-0.05, 0) is 55.6 Å². The lowest BCUT2D eigenvalue weighted by atomic mass is 9.74. The summed E-state index contributed by atoms with van der Waals surface area (Å²) in [6, 6.07) is 10.5. The summed E-state index contributed by atoms with van der Waals surface area (Å²) >= 11 is 0. The number of methoxy groups -OCH3 is 1. The molecule has 3 aliphatic rings. The molecular formula is C20H28N4O3S. The molecule has 3 fully saturated rings. The molecule has 7 nitrogen and oxygen atoms in total. The second-order valence-electron chi connectivity index (χ2n) is 7.97. The van der Waals surface area contributed by atoms with Crippen LogP contribution in [0.4, 0.5) is 0 Å². The Labute approximate surface area is 166 Å². The molecule has 3 saturated heterocycles. The van der Waals surface area contributed by atoms with Crippen LogP contribution in [0.15, 0.2) is 30.3 Å². The number of rotatable bonds is 6. The Kier molecular flexibility index (Phi) is 5.20. The summed E-state index contributed by atoms with van der Waals surface area (Å²) in [4.78, 5) is 2.43. The van der Waals surface area contributed by atoms with E-state index >= 15 is 0 Å². The van der Waals surface area contributed by atoms with Crippen molar-refractivity contribution in [1.29, 1.82) is 0 Å². The number of hydrogen-bond acceptors (Lipinski definition) is 5. The molecule has 8 heteroatoms. The zero-order valence-corrected chi connectivity index (χ0v) is 17.4. The van der Waals surface area contributed by atoms with Gasteiger partial charge in [0.05, 0.1) is 19.1 Å². The molecule has 2 aromatic rings. The van der Waals surface area contributed by atoms with Crippen LogP contribution in [0.5, 0.6) is 5.75 Å². The predicted molar refractivity (Wildman–Crippen MR) is 109 cm³/mol. The minimum Gasteiger partial charge on any atom is -0.497 e. The molecule has 2 bridgehead atoms. The Hall–Kier alpha value is -1.90. The first-order valence-corrected chi connectivity index (χ1v) is 11.6. The van der Waals surface area contributed by atoms with Gasteiger partial charge in [-0.15, -0.1) is 0 Å². The van der Waals surface area contributed by atoms with Crippen molar-refractivity contribution in [2.24, 2.45) is 13.0 Å². The number of nitrogens with zero attached hydrogens (tertiary/aromatic N) is 3. The van der Waals surface area contributed by atoms with Crippen LogP contribution in [0.2, 0.25) is 0 Å². The van der Waals surface area contributed by atoms with E-state index in [1.165, 1.54) is 11.9 Å². The van der Waals surface area contributed by atoms with Crippen LogP contribution < -0.4 is 9.46 Å². The number of nitrogens with one attached hydrogen (secondary N) is 1. The highest BCUT2D eigenvalue weighted by Crippen LogP contribution is 2.42. The normalized spacial score (nSPS) is 27.1. The highest BCUT2D eigenvalue weighted by Gasteiger charge is 2.41. The summed E-state index contributed by atoms with van der Waals surface area (Å²) in [7, 11) is 0.538. The Morgan fingerprint density at radius 1 is 1.29 bits per heavy atom. The molecule has 5 rings (SSSR count). The Morgan fingerprint density at radius 2 is 2.04 bits per heavy atom. The summed E-state index contributed by atoms with van der Waals surface area (Å²) in [6.45, 7) is 2.51. The molecule has 0 aliphatic carbocycles. The predicted octanol–water partition coefficient (Wildman–Crippen LogP) is 1.82. The van der Waals surface area contributed by atoms with Gasteiger partial charge in [0.1, 0.15) is 5.75 Å². The molecule has 1 aromatic heterocycles. The van der Waals surface area contributed by atoms with E-state index in [-0.39, 0.29) is 0 Å². The van der Waals surface area contributed by atoms with Gasteiger partial charge in [0.2, 0.25) is 10.0 Å². The number of sulfonamides is 1. The second kappa shape index (κ2) is 7.50. The molecule has 4 heterocycles. The van der Waals surface area contributed by atoms with Crippen LogP contribution >= 0.6 is 0 Å². The van der Waals surface area contributed by atoms with Crippen LogP contribution in [0.25, 0.3) is 11.3 Å². The van der Waals surface area contributed by atoms with Crippen LogP contribution in [0, 0.1) is 5.92 Å². The molecule has 0 amide bonds. The maximum absolute atomic E-state index is 11.4. The monoisotopic (exact) mass is 404 g/mol. The van der Waals surface area contributed by atoms with Gasteiger partial charge in [-0.25, -0.2) is 13.1 Å². The maximum atomic E-state index is 11.4. The molecular weight excluding hydrogens is 376 g/mol. The number of piperidine rings is 3. The van der Waals surface area contributed by atoms with Gasteiger partial charge in [0, 0.05) is 43.4 Å². The van der Waals surface area contributed by atoms with Crippen molar-refractivity contribution < 1.29 is 13.2 Å². The van der Waals surface area contributed by atoms with Gasteiger partial charge in [0.15, 0.2) is 0 Å². The van der Waals surface area contributed by atoms with Gasteiger partial charge in [-0.2, -0.15) is 5.10 Å². The number of ether oxygens (including phenoxy) is 1. The lowest BCUT2D eigenvalue weighted by molar-refractivity contribution is 0.0306. The van der Waals surface area contributed by atoms with Crippen molar-refractivity contribution in [3.63, 3.8) is 0 Å². The SMILES string of the molecule is COc1ccc(-c2cc(C3CN4CCC3CC4CNS(C)(=O)=O)n(C)n2)cc1. The van der Waals surface area contributed by atoms with Crippen molar-refractivity contribution in [1.82, 2.24) is 19.4 Å². The average molecular weight is 405 g/mol. The molecule has 0 saturated carbocycles. The first kappa shape index (κ1) is 19.4. The van der Waals surface area contributed by atoms with E-state index < -0.39 is 10.0 Å². The Bertz CT molecular complexity index is 939. The van der Waals surface area contributed by atoms with Crippen molar-refractivity contribution in [2.45, 2.75) is 24.8 Å². The third-order valence-corrected chi connectivity index (χ3v) is 6.83. The van der Waals surface area contributed by atoms with Gasteiger partial charge in [0.25, 0.3) is 0 Å². The Morgan fingerprint density at radius 3 is 2.64 bits per heavy atom. The van der Waals surface area contributed by atoms with Gasteiger partial charge < -0.3 is 4.74 Å². The van der Waals surface area contributed by atoms with E-state index in [2.05, 4.69) is 15.7 Å². The molecule has 0 spiro atoms. The average Bonchev–Trinajstić information content (AvgIpc) is 3.08. The summed E-state index contributed by atoms with van der Waals surface area (Å²) in [5, 5.41) is 4.75. The first-order valence-electron chi connectivity index (χ1n) is 9.71. The smallest absolute Gasteiger partial charge is 0.208 e. The van der Waals surface area contributed by atoms with Crippen molar-refractivity contribution in [3.8, 4) is 17.0 Å². The molecule has 3 aliphatic heterocycles. The van der Waals surface area contributed by atoms with Crippen molar-refractivity contribution in [2.75, 3.05) is 33.0 Å². The highest BCUT2D eigenvalue weighted by atomic mass is 32.2. The highest BCUT2D eigenvalue weighted by molar-refractivity contribution is 7.88. The number of aromatic nitrogens is 2. The van der Waals surface area contributed by atoms with Gasteiger partial charge in [-0.1, -0.05) is 0 Å². The standard InChI is InChI=1S/C20H28N4O3S/c1-23-20(11-19(22-23)14-4-6-17(27-2)7-5-14)18-13-24-9-8-15(18)10-16(24)12-21-28(3,25)26/h4-7,11,15-16,18,21H,8-10,12-13H2,1-3H3. The second-order valence-corrected chi connectivity index (χ2v) is 9.80. The number of hydrogen-bond donors (Lipinski definition) is 1. The molecule has 1 aromatic carbocycles. The van der Waals surface area contributed by atoms with E-state index in [4.69, 9.17) is 9.84 Å². The topological polar surface area (TPSA) is 76.5 Å². The van der Waals surface area contributed by atoms with Crippen molar-refractivity contribution in [3.05, 3.63) is 36.0 Å². The lowest BCUT2D eigenvalue weighted by Crippen LogP contribution is -2.56. The fraction of sp³-hybridized carbons (Fsp3) is 0.550. The lowest BCUT2D eigenvalue weighted by Gasteiger charge is -2.49. The maximum Gasteiger partial charge on any atom is 0.208 e. The molecule has 4 unspecified atom stereocenters. The molecule has 4 atom stereocenters. The van der Waals surface area contributed by atoms with Crippen molar-refractivity contribution >= 4 is 10.0 Å². The van der Waals surface area contributed by atoms with Gasteiger partial charge in [-0.3, -0.25) is 9.58 Å². The largest absolute Gasteiger partial charge is 0.497 e. The van der Waals surface area contributed by atoms with E-state index in [1.807, 2.05) is 36.0 Å². The number of fused-ring (bicyclic) bond motifs is 3. The third-order valence-electron chi connectivity index (χ3n) is 6.14.